The first-order chi connectivity index (χ1) is 6.67. The molecule has 0 heterocycles. The molecule has 1 aromatic rings. The lowest BCUT2D eigenvalue weighted by molar-refractivity contribution is 0.0450. The van der Waals surface area contributed by atoms with Gasteiger partial charge in [0.05, 0.1) is 5.60 Å². The highest BCUT2D eigenvalue weighted by Gasteiger charge is 2.21. The van der Waals surface area contributed by atoms with E-state index in [2.05, 4.69) is 6.92 Å². The molecule has 0 saturated heterocycles. The van der Waals surface area contributed by atoms with Crippen LogP contribution in [-0.4, -0.2) is 5.11 Å². The normalized spacial score (nSPS) is 15.1. The third kappa shape index (κ3) is 3.15. The topological polar surface area (TPSA) is 20.2 Å². The van der Waals surface area contributed by atoms with Crippen molar-refractivity contribution in [1.29, 1.82) is 0 Å². The first kappa shape index (κ1) is 11.3. The molecular weight excluding hydrogens is 172 g/mol. The molecule has 0 radical (unpaired) electrons. The highest BCUT2D eigenvalue weighted by atomic mass is 16.3. The van der Waals surface area contributed by atoms with E-state index in [1.807, 2.05) is 37.3 Å². The minimum absolute atomic E-state index is 0.656. The van der Waals surface area contributed by atoms with Crippen LogP contribution in [0, 0.1) is 0 Å². The standard InChI is InChI=1S/C13H20O/c1-3-4-8-11-13(2,14)12-9-6-5-7-10-12/h5-7,9-10,14H,3-4,8,11H2,1-2H3. The molecule has 1 rings (SSSR count). The molecule has 14 heavy (non-hydrogen) atoms. The zero-order chi connectivity index (χ0) is 10.4. The Labute approximate surface area is 86.8 Å². The summed E-state index contributed by atoms with van der Waals surface area (Å²) in [6.07, 6.45) is 4.34. The number of aliphatic hydroxyl groups is 1. The van der Waals surface area contributed by atoms with Crippen LogP contribution in [0.15, 0.2) is 30.3 Å². The van der Waals surface area contributed by atoms with Crippen molar-refractivity contribution < 1.29 is 5.11 Å². The molecule has 0 aliphatic heterocycles. The number of unbranched alkanes of at least 4 members (excludes halogenated alkanes) is 2. The first-order valence-corrected chi connectivity index (χ1v) is 5.44. The van der Waals surface area contributed by atoms with Gasteiger partial charge in [-0.15, -0.1) is 0 Å². The minimum Gasteiger partial charge on any atom is -0.385 e. The van der Waals surface area contributed by atoms with Gasteiger partial charge < -0.3 is 5.11 Å². The highest BCUT2D eigenvalue weighted by Crippen LogP contribution is 2.26. The number of rotatable bonds is 5. The van der Waals surface area contributed by atoms with Crippen molar-refractivity contribution in [2.75, 3.05) is 0 Å². The summed E-state index contributed by atoms with van der Waals surface area (Å²) in [7, 11) is 0. The molecule has 0 saturated carbocycles. The van der Waals surface area contributed by atoms with E-state index >= 15 is 0 Å². The summed E-state index contributed by atoms with van der Waals surface area (Å²) in [6, 6.07) is 9.91. The van der Waals surface area contributed by atoms with Crippen molar-refractivity contribution in [1.82, 2.24) is 0 Å². The van der Waals surface area contributed by atoms with Crippen LogP contribution >= 0.6 is 0 Å². The molecule has 0 fully saturated rings. The van der Waals surface area contributed by atoms with E-state index in [0.29, 0.717) is 0 Å². The van der Waals surface area contributed by atoms with E-state index in [0.717, 1.165) is 18.4 Å². The molecule has 0 aliphatic rings. The average Bonchev–Trinajstić information content (AvgIpc) is 2.19. The molecule has 78 valence electrons. The number of benzene rings is 1. The van der Waals surface area contributed by atoms with Crippen LogP contribution in [-0.2, 0) is 5.60 Å². The van der Waals surface area contributed by atoms with Gasteiger partial charge in [0.15, 0.2) is 0 Å². The van der Waals surface area contributed by atoms with Crippen molar-refractivity contribution in [2.45, 2.75) is 45.1 Å². The molecule has 0 aromatic heterocycles. The Morgan fingerprint density at radius 3 is 2.36 bits per heavy atom. The Morgan fingerprint density at radius 1 is 1.14 bits per heavy atom. The minimum atomic E-state index is -0.656. The van der Waals surface area contributed by atoms with Gasteiger partial charge in [-0.3, -0.25) is 0 Å². The van der Waals surface area contributed by atoms with Crippen molar-refractivity contribution in [3.8, 4) is 0 Å². The zero-order valence-electron chi connectivity index (χ0n) is 9.16. The molecule has 1 nitrogen and oxygen atoms in total. The summed E-state index contributed by atoms with van der Waals surface area (Å²) in [5, 5.41) is 10.2. The van der Waals surface area contributed by atoms with Crippen molar-refractivity contribution >= 4 is 0 Å². The van der Waals surface area contributed by atoms with E-state index in [9.17, 15) is 5.11 Å². The van der Waals surface area contributed by atoms with Gasteiger partial charge >= 0.3 is 0 Å². The van der Waals surface area contributed by atoms with E-state index in [1.165, 1.54) is 12.8 Å². The van der Waals surface area contributed by atoms with Gasteiger partial charge in [-0.1, -0.05) is 56.5 Å². The largest absolute Gasteiger partial charge is 0.385 e. The Hall–Kier alpha value is -0.820. The first-order valence-electron chi connectivity index (χ1n) is 5.44. The van der Waals surface area contributed by atoms with Crippen LogP contribution in [0.1, 0.15) is 45.1 Å². The van der Waals surface area contributed by atoms with Crippen molar-refractivity contribution in [3.63, 3.8) is 0 Å². The van der Waals surface area contributed by atoms with Gasteiger partial charge in [-0.2, -0.15) is 0 Å². The fourth-order valence-corrected chi connectivity index (χ4v) is 1.66. The van der Waals surface area contributed by atoms with Gasteiger partial charge in [0, 0.05) is 0 Å². The molecule has 1 heteroatoms. The fourth-order valence-electron chi connectivity index (χ4n) is 1.66. The maximum atomic E-state index is 10.2. The summed E-state index contributed by atoms with van der Waals surface area (Å²) in [4.78, 5) is 0. The van der Waals surface area contributed by atoms with Crippen LogP contribution in [0.2, 0.25) is 0 Å². The smallest absolute Gasteiger partial charge is 0.0868 e. The maximum absolute atomic E-state index is 10.2. The second-order valence-corrected chi connectivity index (χ2v) is 4.10. The lowest BCUT2D eigenvalue weighted by atomic mass is 9.90. The van der Waals surface area contributed by atoms with Gasteiger partial charge in [-0.05, 0) is 18.9 Å². The fraction of sp³-hybridized carbons (Fsp3) is 0.538. The molecule has 1 aromatic carbocycles. The van der Waals surface area contributed by atoms with Crippen LogP contribution in [0.5, 0.6) is 0 Å². The highest BCUT2D eigenvalue weighted by molar-refractivity contribution is 5.21. The Balaban J connectivity index is 2.56. The predicted molar refractivity (Wildman–Crippen MR) is 60.2 cm³/mol. The second-order valence-electron chi connectivity index (χ2n) is 4.10. The molecule has 0 aliphatic carbocycles. The molecule has 0 bridgehead atoms. The summed E-state index contributed by atoms with van der Waals surface area (Å²) in [5.41, 5.74) is 0.368. The number of hydrogen-bond acceptors (Lipinski definition) is 1. The maximum Gasteiger partial charge on any atom is 0.0868 e. The molecule has 1 unspecified atom stereocenters. The monoisotopic (exact) mass is 192 g/mol. The zero-order valence-corrected chi connectivity index (χ0v) is 9.16. The summed E-state index contributed by atoms with van der Waals surface area (Å²) in [6.45, 7) is 4.08. The van der Waals surface area contributed by atoms with Crippen LogP contribution < -0.4 is 0 Å². The molecule has 0 spiro atoms. The van der Waals surface area contributed by atoms with E-state index in [4.69, 9.17) is 0 Å². The Kier molecular flexibility index (Phi) is 4.15. The molecule has 1 atom stereocenters. The van der Waals surface area contributed by atoms with Crippen LogP contribution in [0.3, 0.4) is 0 Å². The molecular formula is C13H20O. The molecule has 1 N–H and O–H groups in total. The summed E-state index contributed by atoms with van der Waals surface area (Å²) in [5.74, 6) is 0. The van der Waals surface area contributed by atoms with Crippen LogP contribution in [0.4, 0.5) is 0 Å². The predicted octanol–water partition coefficient (Wildman–Crippen LogP) is 3.47. The summed E-state index contributed by atoms with van der Waals surface area (Å²) < 4.78 is 0. The lowest BCUT2D eigenvalue weighted by Gasteiger charge is -2.23. The lowest BCUT2D eigenvalue weighted by Crippen LogP contribution is -2.20. The summed E-state index contributed by atoms with van der Waals surface area (Å²) >= 11 is 0. The number of hydrogen-bond donors (Lipinski definition) is 1. The van der Waals surface area contributed by atoms with Gasteiger partial charge in [0.1, 0.15) is 0 Å². The third-order valence-electron chi connectivity index (χ3n) is 2.66. The van der Waals surface area contributed by atoms with Crippen LogP contribution in [0.25, 0.3) is 0 Å². The quantitative estimate of drug-likeness (QED) is 0.708. The van der Waals surface area contributed by atoms with Gasteiger partial charge in [0.2, 0.25) is 0 Å². The van der Waals surface area contributed by atoms with Gasteiger partial charge in [0.25, 0.3) is 0 Å². The SMILES string of the molecule is CCCCCC(C)(O)c1ccccc1. The third-order valence-corrected chi connectivity index (χ3v) is 2.66. The van der Waals surface area contributed by atoms with Crippen molar-refractivity contribution in [3.05, 3.63) is 35.9 Å². The van der Waals surface area contributed by atoms with Gasteiger partial charge in [-0.25, -0.2) is 0 Å². The van der Waals surface area contributed by atoms with E-state index in [1.54, 1.807) is 0 Å². The second kappa shape index (κ2) is 5.16. The van der Waals surface area contributed by atoms with E-state index < -0.39 is 5.60 Å². The average molecular weight is 192 g/mol. The molecule has 0 amide bonds. The van der Waals surface area contributed by atoms with Crippen molar-refractivity contribution in [2.24, 2.45) is 0 Å². The van der Waals surface area contributed by atoms with E-state index in [-0.39, 0.29) is 0 Å². The Bertz CT molecular complexity index is 251. The Morgan fingerprint density at radius 2 is 1.79 bits per heavy atom.